The van der Waals surface area contributed by atoms with Crippen molar-refractivity contribution in [1.82, 2.24) is 0 Å². The molecule has 2 N–H and O–H groups in total. The third kappa shape index (κ3) is 3.97. The molecular formula is C6H13NO2. The summed E-state index contributed by atoms with van der Waals surface area (Å²) in [4.78, 5) is 10.3. The van der Waals surface area contributed by atoms with Gasteiger partial charge in [-0.25, -0.2) is 0 Å². The highest BCUT2D eigenvalue weighted by Crippen LogP contribution is 1.94. The van der Waals surface area contributed by atoms with E-state index in [-0.39, 0.29) is 6.10 Å². The van der Waals surface area contributed by atoms with Gasteiger partial charge in [0.15, 0.2) is 0 Å². The van der Waals surface area contributed by atoms with E-state index in [9.17, 15) is 4.79 Å². The molecule has 3 heteroatoms. The quantitative estimate of drug-likeness (QED) is 0.598. The molecule has 1 amide bonds. The predicted octanol–water partition coefficient (Wildman–Crippen LogP) is 0.285. The van der Waals surface area contributed by atoms with Crippen LogP contribution < -0.4 is 5.73 Å². The molecule has 0 spiro atoms. The van der Waals surface area contributed by atoms with Crippen LogP contribution in [0, 0.1) is 0 Å². The molecule has 1 unspecified atom stereocenters. The lowest BCUT2D eigenvalue weighted by molar-refractivity contribution is -0.130. The maximum atomic E-state index is 10.3. The van der Waals surface area contributed by atoms with Crippen LogP contribution in [-0.4, -0.2) is 18.1 Å². The number of primary amides is 1. The number of nitrogens with two attached hydrogens (primary N) is 1. The molecule has 0 bridgehead atoms. The van der Waals surface area contributed by atoms with Crippen LogP contribution in [-0.2, 0) is 9.53 Å². The van der Waals surface area contributed by atoms with E-state index >= 15 is 0 Å². The molecule has 0 aliphatic carbocycles. The van der Waals surface area contributed by atoms with Crippen molar-refractivity contribution in [1.29, 1.82) is 0 Å². The smallest absolute Gasteiger partial charge is 0.246 e. The molecule has 0 aliphatic rings. The molecular weight excluding hydrogens is 118 g/mol. The molecule has 1 atom stereocenters. The molecule has 54 valence electrons. The standard InChI is InChI=1S/C6H13NO2/c1-4(2)9-5(3)6(7)8/h4-5H,1-3H3,(H2,7,8). The SMILES string of the molecule is CC(C)OC(C)C(N)=O. The van der Waals surface area contributed by atoms with Gasteiger partial charge in [-0.15, -0.1) is 0 Å². The van der Waals surface area contributed by atoms with Gasteiger partial charge in [0.25, 0.3) is 0 Å². The second kappa shape index (κ2) is 3.45. The Kier molecular flexibility index (Phi) is 3.24. The maximum Gasteiger partial charge on any atom is 0.246 e. The lowest BCUT2D eigenvalue weighted by atomic mass is 10.4. The Hall–Kier alpha value is -0.570. The van der Waals surface area contributed by atoms with Gasteiger partial charge in [-0.2, -0.15) is 0 Å². The molecule has 9 heavy (non-hydrogen) atoms. The van der Waals surface area contributed by atoms with Crippen molar-refractivity contribution < 1.29 is 9.53 Å². The number of hydrogen-bond donors (Lipinski definition) is 1. The van der Waals surface area contributed by atoms with E-state index in [2.05, 4.69) is 0 Å². The van der Waals surface area contributed by atoms with Crippen LogP contribution in [0.3, 0.4) is 0 Å². The molecule has 0 fully saturated rings. The van der Waals surface area contributed by atoms with Gasteiger partial charge in [-0.1, -0.05) is 0 Å². The van der Waals surface area contributed by atoms with Crippen LogP contribution in [0.2, 0.25) is 0 Å². The summed E-state index contributed by atoms with van der Waals surface area (Å²) in [7, 11) is 0. The van der Waals surface area contributed by atoms with Crippen molar-refractivity contribution in [2.24, 2.45) is 5.73 Å². The van der Waals surface area contributed by atoms with Crippen LogP contribution >= 0.6 is 0 Å². The monoisotopic (exact) mass is 131 g/mol. The van der Waals surface area contributed by atoms with Gasteiger partial charge < -0.3 is 10.5 Å². The van der Waals surface area contributed by atoms with Crippen LogP contribution in [0.25, 0.3) is 0 Å². The van der Waals surface area contributed by atoms with Crippen molar-refractivity contribution in [2.45, 2.75) is 33.0 Å². The highest BCUT2D eigenvalue weighted by molar-refractivity contribution is 5.78. The van der Waals surface area contributed by atoms with Crippen molar-refractivity contribution in [3.05, 3.63) is 0 Å². The Morgan fingerprint density at radius 2 is 1.89 bits per heavy atom. The fourth-order valence-electron chi connectivity index (χ4n) is 0.475. The molecule has 0 saturated carbocycles. The Morgan fingerprint density at radius 1 is 1.44 bits per heavy atom. The van der Waals surface area contributed by atoms with Gasteiger partial charge in [-0.05, 0) is 20.8 Å². The molecule has 0 saturated heterocycles. The van der Waals surface area contributed by atoms with Crippen LogP contribution in [0.4, 0.5) is 0 Å². The number of hydrogen-bond acceptors (Lipinski definition) is 2. The average Bonchev–Trinajstić information content (AvgIpc) is 1.63. The van der Waals surface area contributed by atoms with Crippen LogP contribution in [0.5, 0.6) is 0 Å². The summed E-state index contributed by atoms with van der Waals surface area (Å²) in [6, 6.07) is 0. The first-order chi connectivity index (χ1) is 4.04. The normalized spacial score (nSPS) is 13.8. The highest BCUT2D eigenvalue weighted by Gasteiger charge is 2.09. The third-order valence-corrected chi connectivity index (χ3v) is 0.877. The zero-order valence-electron chi connectivity index (χ0n) is 6.05. The van der Waals surface area contributed by atoms with Crippen molar-refractivity contribution in [3.63, 3.8) is 0 Å². The number of ether oxygens (including phenoxy) is 1. The first-order valence-corrected chi connectivity index (χ1v) is 2.98. The topological polar surface area (TPSA) is 52.3 Å². The first-order valence-electron chi connectivity index (χ1n) is 2.98. The summed E-state index contributed by atoms with van der Waals surface area (Å²) < 4.78 is 5.04. The van der Waals surface area contributed by atoms with Gasteiger partial charge in [0.05, 0.1) is 6.10 Å². The average molecular weight is 131 g/mol. The minimum absolute atomic E-state index is 0.0625. The molecule has 0 rings (SSSR count). The Labute approximate surface area is 55.2 Å². The fraction of sp³-hybridized carbons (Fsp3) is 0.833. The molecule has 0 aromatic rings. The van der Waals surface area contributed by atoms with E-state index in [0.29, 0.717) is 0 Å². The Morgan fingerprint density at radius 3 is 2.00 bits per heavy atom. The predicted molar refractivity (Wildman–Crippen MR) is 34.9 cm³/mol. The van der Waals surface area contributed by atoms with E-state index in [1.165, 1.54) is 0 Å². The second-order valence-corrected chi connectivity index (χ2v) is 2.23. The highest BCUT2D eigenvalue weighted by atomic mass is 16.5. The largest absolute Gasteiger partial charge is 0.367 e. The number of carbonyl (C=O) groups excluding carboxylic acids is 1. The van der Waals surface area contributed by atoms with Crippen LogP contribution in [0.15, 0.2) is 0 Å². The van der Waals surface area contributed by atoms with Gasteiger partial charge in [0.1, 0.15) is 6.10 Å². The molecule has 0 heterocycles. The van der Waals surface area contributed by atoms with E-state index in [4.69, 9.17) is 10.5 Å². The summed E-state index contributed by atoms with van der Waals surface area (Å²) in [6.45, 7) is 5.36. The Bertz CT molecular complexity index is 101. The second-order valence-electron chi connectivity index (χ2n) is 2.23. The van der Waals surface area contributed by atoms with E-state index in [1.807, 2.05) is 13.8 Å². The summed E-state index contributed by atoms with van der Waals surface area (Å²) in [6.07, 6.45) is -0.405. The summed E-state index contributed by atoms with van der Waals surface area (Å²) in [5, 5.41) is 0. The summed E-state index contributed by atoms with van der Waals surface area (Å²) in [5.41, 5.74) is 4.92. The molecule has 0 aromatic heterocycles. The summed E-state index contributed by atoms with van der Waals surface area (Å²) >= 11 is 0. The van der Waals surface area contributed by atoms with E-state index < -0.39 is 12.0 Å². The van der Waals surface area contributed by atoms with E-state index in [0.717, 1.165) is 0 Å². The van der Waals surface area contributed by atoms with Gasteiger partial charge in [0, 0.05) is 0 Å². The number of rotatable bonds is 3. The Balaban J connectivity index is 3.50. The lowest BCUT2D eigenvalue weighted by Crippen LogP contribution is -2.30. The molecule has 3 nitrogen and oxygen atoms in total. The van der Waals surface area contributed by atoms with E-state index in [1.54, 1.807) is 6.92 Å². The lowest BCUT2D eigenvalue weighted by Gasteiger charge is -2.11. The van der Waals surface area contributed by atoms with Crippen molar-refractivity contribution in [2.75, 3.05) is 0 Å². The van der Waals surface area contributed by atoms with Gasteiger partial charge in [0.2, 0.25) is 5.91 Å². The fourth-order valence-corrected chi connectivity index (χ4v) is 0.475. The minimum Gasteiger partial charge on any atom is -0.367 e. The maximum absolute atomic E-state index is 10.3. The van der Waals surface area contributed by atoms with Crippen molar-refractivity contribution in [3.8, 4) is 0 Å². The first kappa shape index (κ1) is 8.43. The van der Waals surface area contributed by atoms with Crippen molar-refractivity contribution >= 4 is 5.91 Å². The number of amides is 1. The molecule has 0 aromatic carbocycles. The number of carbonyl (C=O) groups is 1. The summed E-state index contributed by atoms with van der Waals surface area (Å²) in [5.74, 6) is -0.413. The minimum atomic E-state index is -0.468. The molecule has 0 radical (unpaired) electrons. The molecule has 0 aliphatic heterocycles. The zero-order chi connectivity index (χ0) is 7.44. The van der Waals surface area contributed by atoms with Gasteiger partial charge in [-0.3, -0.25) is 4.79 Å². The zero-order valence-corrected chi connectivity index (χ0v) is 6.05. The van der Waals surface area contributed by atoms with Gasteiger partial charge >= 0.3 is 0 Å². The van der Waals surface area contributed by atoms with Crippen LogP contribution in [0.1, 0.15) is 20.8 Å². The third-order valence-electron chi connectivity index (χ3n) is 0.877.